The first-order valence-electron chi connectivity index (χ1n) is 6.29. The van der Waals surface area contributed by atoms with E-state index in [-0.39, 0.29) is 17.4 Å². The third-order valence-corrected chi connectivity index (χ3v) is 5.96. The van der Waals surface area contributed by atoms with Crippen LogP contribution in [0.2, 0.25) is 0 Å². The van der Waals surface area contributed by atoms with Crippen LogP contribution in [0.5, 0.6) is 0 Å². The lowest BCUT2D eigenvalue weighted by atomic mass is 10.1. The number of alkyl halides is 1. The van der Waals surface area contributed by atoms with Crippen LogP contribution < -0.4 is 5.32 Å². The average molecular weight is 316 g/mol. The standard InChI is InChI=1S/C13H14ClNO4S/c14-11-6-20(17,18)7-12(11)15-13(16)8-1-2-9-4-19-5-10(9)3-8/h1-3,11-12H,4-7H2,(H,15,16). The molecule has 0 aliphatic carbocycles. The van der Waals surface area contributed by atoms with Gasteiger partial charge in [0.05, 0.1) is 36.1 Å². The van der Waals surface area contributed by atoms with Gasteiger partial charge in [-0.1, -0.05) is 6.07 Å². The van der Waals surface area contributed by atoms with Crippen molar-refractivity contribution < 1.29 is 17.9 Å². The van der Waals surface area contributed by atoms with Crippen LogP contribution in [0.3, 0.4) is 0 Å². The van der Waals surface area contributed by atoms with E-state index in [9.17, 15) is 13.2 Å². The van der Waals surface area contributed by atoms with Crippen molar-refractivity contribution in [3.05, 3.63) is 34.9 Å². The zero-order valence-corrected chi connectivity index (χ0v) is 12.2. The molecule has 2 aliphatic rings. The van der Waals surface area contributed by atoms with Crippen LogP contribution in [0.4, 0.5) is 0 Å². The van der Waals surface area contributed by atoms with Crippen LogP contribution in [-0.2, 0) is 27.8 Å². The van der Waals surface area contributed by atoms with Gasteiger partial charge in [-0.15, -0.1) is 11.6 Å². The third-order valence-electron chi connectivity index (χ3n) is 3.58. The summed E-state index contributed by atoms with van der Waals surface area (Å²) in [6.45, 7) is 1.08. The summed E-state index contributed by atoms with van der Waals surface area (Å²) >= 11 is 5.97. The van der Waals surface area contributed by atoms with Crippen molar-refractivity contribution in [2.45, 2.75) is 24.6 Å². The number of benzene rings is 1. The molecule has 2 heterocycles. The fraction of sp³-hybridized carbons (Fsp3) is 0.462. The normalized spacial score (nSPS) is 27.2. The van der Waals surface area contributed by atoms with Crippen LogP contribution in [0, 0.1) is 0 Å². The number of carbonyl (C=O) groups excluding carboxylic acids is 1. The Morgan fingerprint density at radius 3 is 2.70 bits per heavy atom. The van der Waals surface area contributed by atoms with Gasteiger partial charge in [-0.3, -0.25) is 4.79 Å². The maximum Gasteiger partial charge on any atom is 0.251 e. The summed E-state index contributed by atoms with van der Waals surface area (Å²) in [5.74, 6) is -0.481. The molecule has 1 saturated heterocycles. The van der Waals surface area contributed by atoms with Crippen molar-refractivity contribution in [1.29, 1.82) is 0 Å². The molecule has 108 valence electrons. The highest BCUT2D eigenvalue weighted by atomic mass is 35.5. The molecule has 0 saturated carbocycles. The van der Waals surface area contributed by atoms with Crippen LogP contribution >= 0.6 is 11.6 Å². The number of rotatable bonds is 2. The van der Waals surface area contributed by atoms with Crippen LogP contribution in [-0.4, -0.2) is 37.2 Å². The largest absolute Gasteiger partial charge is 0.372 e. The molecule has 1 N–H and O–H groups in total. The summed E-state index contributed by atoms with van der Waals surface area (Å²) in [6, 6.07) is 4.83. The molecular weight excluding hydrogens is 302 g/mol. The van der Waals surface area contributed by atoms with Crippen LogP contribution in [0.15, 0.2) is 18.2 Å². The summed E-state index contributed by atoms with van der Waals surface area (Å²) in [6.07, 6.45) is 0. The van der Waals surface area contributed by atoms with E-state index >= 15 is 0 Å². The number of halogens is 1. The predicted molar refractivity (Wildman–Crippen MR) is 74.5 cm³/mol. The lowest BCUT2D eigenvalue weighted by Crippen LogP contribution is -2.40. The minimum Gasteiger partial charge on any atom is -0.372 e. The molecule has 5 nitrogen and oxygen atoms in total. The molecule has 0 radical (unpaired) electrons. The number of fused-ring (bicyclic) bond motifs is 1. The first-order chi connectivity index (χ1) is 9.44. The molecule has 1 amide bonds. The lowest BCUT2D eigenvalue weighted by Gasteiger charge is -2.14. The lowest BCUT2D eigenvalue weighted by molar-refractivity contribution is 0.0941. The molecule has 0 spiro atoms. The molecule has 0 aromatic heterocycles. The van der Waals surface area contributed by atoms with Gasteiger partial charge in [0, 0.05) is 5.56 Å². The minimum absolute atomic E-state index is 0.0858. The van der Waals surface area contributed by atoms with Gasteiger partial charge < -0.3 is 10.1 Å². The smallest absolute Gasteiger partial charge is 0.251 e. The van der Waals surface area contributed by atoms with E-state index in [4.69, 9.17) is 16.3 Å². The zero-order chi connectivity index (χ0) is 14.3. The van der Waals surface area contributed by atoms with E-state index < -0.39 is 21.3 Å². The Labute approximate surface area is 122 Å². The van der Waals surface area contributed by atoms with Crippen molar-refractivity contribution in [2.24, 2.45) is 0 Å². The van der Waals surface area contributed by atoms with Gasteiger partial charge in [-0.25, -0.2) is 8.42 Å². The summed E-state index contributed by atoms with van der Waals surface area (Å²) < 4.78 is 28.2. The number of hydrogen-bond donors (Lipinski definition) is 1. The van der Waals surface area contributed by atoms with Crippen molar-refractivity contribution in [1.82, 2.24) is 5.32 Å². The minimum atomic E-state index is -3.15. The first kappa shape index (κ1) is 13.9. The Balaban J connectivity index is 1.74. The third kappa shape index (κ3) is 2.68. The maximum absolute atomic E-state index is 12.2. The number of nitrogens with one attached hydrogen (secondary N) is 1. The van der Waals surface area contributed by atoms with Gasteiger partial charge in [0.15, 0.2) is 9.84 Å². The van der Waals surface area contributed by atoms with Gasteiger partial charge in [0.2, 0.25) is 0 Å². The van der Waals surface area contributed by atoms with Gasteiger partial charge in [-0.2, -0.15) is 0 Å². The van der Waals surface area contributed by atoms with E-state index in [1.165, 1.54) is 0 Å². The highest BCUT2D eigenvalue weighted by Crippen LogP contribution is 2.22. The summed E-state index contributed by atoms with van der Waals surface area (Å²) in [4.78, 5) is 12.2. The van der Waals surface area contributed by atoms with E-state index in [0.29, 0.717) is 18.8 Å². The van der Waals surface area contributed by atoms with Crippen molar-refractivity contribution in [3.63, 3.8) is 0 Å². The molecular formula is C13H14ClNO4S. The molecule has 2 aliphatic heterocycles. The van der Waals surface area contributed by atoms with Crippen molar-refractivity contribution >= 4 is 27.3 Å². The maximum atomic E-state index is 12.2. The number of amides is 1. The molecule has 1 fully saturated rings. The molecule has 1 aromatic rings. The van der Waals surface area contributed by atoms with Crippen LogP contribution in [0.1, 0.15) is 21.5 Å². The van der Waals surface area contributed by atoms with E-state index in [0.717, 1.165) is 11.1 Å². The SMILES string of the molecule is O=C(NC1CS(=O)(=O)CC1Cl)c1ccc2c(c1)COC2. The van der Waals surface area contributed by atoms with Gasteiger partial charge in [0.25, 0.3) is 5.91 Å². The Bertz CT molecular complexity index is 658. The second-order valence-electron chi connectivity index (χ2n) is 5.15. The Morgan fingerprint density at radius 2 is 2.00 bits per heavy atom. The quantitative estimate of drug-likeness (QED) is 0.821. The molecule has 2 atom stereocenters. The molecule has 0 bridgehead atoms. The molecule has 7 heteroatoms. The molecule has 3 rings (SSSR count). The fourth-order valence-electron chi connectivity index (χ4n) is 2.50. The van der Waals surface area contributed by atoms with Crippen LogP contribution in [0.25, 0.3) is 0 Å². The average Bonchev–Trinajstić information content (AvgIpc) is 2.92. The van der Waals surface area contributed by atoms with Gasteiger partial charge >= 0.3 is 0 Å². The Hall–Kier alpha value is -1.11. The Kier molecular flexibility index (Phi) is 3.48. The molecule has 1 aromatic carbocycles. The predicted octanol–water partition coefficient (Wildman–Crippen LogP) is 0.851. The molecule has 20 heavy (non-hydrogen) atoms. The van der Waals surface area contributed by atoms with Crippen molar-refractivity contribution in [2.75, 3.05) is 11.5 Å². The number of ether oxygens (including phenoxy) is 1. The second-order valence-corrected chi connectivity index (χ2v) is 7.86. The highest BCUT2D eigenvalue weighted by Gasteiger charge is 2.37. The summed E-state index contributed by atoms with van der Waals surface area (Å²) in [5.41, 5.74) is 2.58. The first-order valence-corrected chi connectivity index (χ1v) is 8.55. The Morgan fingerprint density at radius 1 is 1.25 bits per heavy atom. The fourth-order valence-corrected chi connectivity index (χ4v) is 5.05. The van der Waals surface area contributed by atoms with E-state index in [1.54, 1.807) is 12.1 Å². The highest BCUT2D eigenvalue weighted by molar-refractivity contribution is 7.91. The van der Waals surface area contributed by atoms with E-state index in [2.05, 4.69) is 5.32 Å². The summed E-state index contributed by atoms with van der Waals surface area (Å²) in [5, 5.41) is 2.13. The second kappa shape index (κ2) is 5.02. The van der Waals surface area contributed by atoms with Gasteiger partial charge in [-0.05, 0) is 23.3 Å². The number of hydrogen-bond acceptors (Lipinski definition) is 4. The van der Waals surface area contributed by atoms with E-state index in [1.807, 2.05) is 6.07 Å². The topological polar surface area (TPSA) is 72.5 Å². The number of sulfone groups is 1. The zero-order valence-electron chi connectivity index (χ0n) is 10.6. The molecule has 2 unspecified atom stereocenters. The number of carbonyl (C=O) groups is 1. The van der Waals surface area contributed by atoms with Gasteiger partial charge in [0.1, 0.15) is 0 Å². The monoisotopic (exact) mass is 315 g/mol. The van der Waals surface area contributed by atoms with Crippen molar-refractivity contribution in [3.8, 4) is 0 Å². The summed E-state index contributed by atoms with van der Waals surface area (Å²) in [7, 11) is -3.15.